The van der Waals surface area contributed by atoms with Gasteiger partial charge in [0.05, 0.1) is 5.03 Å². The SMILES string of the molecule is CC(C)C1(C)OP(=O)(O)C=C1Cl. The van der Waals surface area contributed by atoms with Crippen molar-refractivity contribution in [2.75, 3.05) is 0 Å². The first-order valence-electron chi connectivity index (χ1n) is 3.70. The average molecular weight is 211 g/mol. The normalized spacial score (nSPS) is 42.0. The molecule has 0 aliphatic carbocycles. The second-order valence-electron chi connectivity index (χ2n) is 3.39. The molecule has 0 fully saturated rings. The van der Waals surface area contributed by atoms with Gasteiger partial charge < -0.3 is 4.89 Å². The van der Waals surface area contributed by atoms with Gasteiger partial charge >= 0.3 is 7.60 Å². The highest BCUT2D eigenvalue weighted by Crippen LogP contribution is 2.59. The van der Waals surface area contributed by atoms with Crippen LogP contribution in [0.2, 0.25) is 0 Å². The van der Waals surface area contributed by atoms with Gasteiger partial charge in [-0.25, -0.2) is 0 Å². The number of rotatable bonds is 1. The van der Waals surface area contributed by atoms with E-state index in [0.29, 0.717) is 5.03 Å². The first-order valence-corrected chi connectivity index (χ1v) is 5.72. The van der Waals surface area contributed by atoms with Crippen molar-refractivity contribution >= 4 is 19.2 Å². The van der Waals surface area contributed by atoms with Crippen molar-refractivity contribution in [3.05, 3.63) is 10.8 Å². The highest BCUT2D eigenvalue weighted by molar-refractivity contribution is 7.56. The lowest BCUT2D eigenvalue weighted by Crippen LogP contribution is -2.31. The van der Waals surface area contributed by atoms with Crippen molar-refractivity contribution < 1.29 is 14.0 Å². The van der Waals surface area contributed by atoms with E-state index >= 15 is 0 Å². The molecular formula is C7H12ClO3P. The minimum absolute atomic E-state index is 0.0734. The summed E-state index contributed by atoms with van der Waals surface area (Å²) in [6.07, 6.45) is 0. The summed E-state index contributed by atoms with van der Waals surface area (Å²) in [7, 11) is -3.57. The Labute approximate surface area is 76.9 Å². The minimum atomic E-state index is -3.57. The molecule has 1 aliphatic rings. The molecule has 3 nitrogen and oxygen atoms in total. The van der Waals surface area contributed by atoms with Crippen LogP contribution in [0.4, 0.5) is 0 Å². The standard InChI is InChI=1S/C7H12ClO3P/c1-5(2)7(3)6(8)4-12(9,10)11-7/h4-5H,1-3H3,(H,9,10). The van der Waals surface area contributed by atoms with Crippen LogP contribution >= 0.6 is 19.2 Å². The van der Waals surface area contributed by atoms with E-state index in [2.05, 4.69) is 0 Å². The molecule has 0 aromatic rings. The second kappa shape index (κ2) is 2.85. The lowest BCUT2D eigenvalue weighted by atomic mass is 9.93. The number of hydrogen-bond donors (Lipinski definition) is 1. The van der Waals surface area contributed by atoms with Crippen molar-refractivity contribution in [2.24, 2.45) is 5.92 Å². The highest BCUT2D eigenvalue weighted by Gasteiger charge is 2.45. The average Bonchev–Trinajstić information content (AvgIpc) is 2.03. The fourth-order valence-electron chi connectivity index (χ4n) is 0.994. The molecule has 0 aromatic heterocycles. The Bertz CT molecular complexity index is 274. The molecule has 1 N–H and O–H groups in total. The monoisotopic (exact) mass is 210 g/mol. The highest BCUT2D eigenvalue weighted by atomic mass is 35.5. The zero-order chi connectivity index (χ0) is 9.57. The van der Waals surface area contributed by atoms with E-state index in [-0.39, 0.29) is 5.92 Å². The summed E-state index contributed by atoms with van der Waals surface area (Å²) in [5.74, 6) is 1.18. The minimum Gasteiger partial charge on any atom is -0.321 e. The predicted octanol–water partition coefficient (Wildman–Crippen LogP) is 2.70. The maximum absolute atomic E-state index is 11.1. The lowest BCUT2D eigenvalue weighted by molar-refractivity contribution is 0.0845. The molecule has 0 radical (unpaired) electrons. The Morgan fingerprint density at radius 3 is 2.42 bits per heavy atom. The Morgan fingerprint density at radius 2 is 2.25 bits per heavy atom. The van der Waals surface area contributed by atoms with Crippen LogP contribution in [0.25, 0.3) is 0 Å². The Morgan fingerprint density at radius 1 is 1.75 bits per heavy atom. The Kier molecular flexibility index (Phi) is 2.43. The first-order chi connectivity index (χ1) is 5.28. The number of halogens is 1. The lowest BCUT2D eigenvalue weighted by Gasteiger charge is -2.28. The van der Waals surface area contributed by atoms with Gasteiger partial charge in [-0.15, -0.1) is 0 Å². The van der Waals surface area contributed by atoms with Crippen LogP contribution in [0.5, 0.6) is 0 Å². The van der Waals surface area contributed by atoms with Gasteiger partial charge in [0.2, 0.25) is 0 Å². The molecule has 0 saturated heterocycles. The van der Waals surface area contributed by atoms with Gasteiger partial charge in [0.1, 0.15) is 5.60 Å². The van der Waals surface area contributed by atoms with Crippen LogP contribution in [-0.4, -0.2) is 10.5 Å². The third-order valence-corrected chi connectivity index (χ3v) is 4.03. The van der Waals surface area contributed by atoms with Gasteiger partial charge in [0, 0.05) is 5.82 Å². The van der Waals surface area contributed by atoms with Crippen LogP contribution in [-0.2, 0) is 9.09 Å². The largest absolute Gasteiger partial charge is 0.353 e. The summed E-state index contributed by atoms with van der Waals surface area (Å²) in [6, 6.07) is 0. The fourth-order valence-corrected chi connectivity index (χ4v) is 3.12. The molecule has 12 heavy (non-hydrogen) atoms. The quantitative estimate of drug-likeness (QED) is 0.677. The van der Waals surface area contributed by atoms with Crippen molar-refractivity contribution in [1.29, 1.82) is 0 Å². The summed E-state index contributed by atoms with van der Waals surface area (Å²) >= 11 is 5.80. The molecule has 0 spiro atoms. The van der Waals surface area contributed by atoms with E-state index in [9.17, 15) is 4.57 Å². The molecule has 1 heterocycles. The zero-order valence-electron chi connectivity index (χ0n) is 7.24. The molecule has 70 valence electrons. The maximum Gasteiger partial charge on any atom is 0.353 e. The molecule has 0 saturated carbocycles. The number of hydrogen-bond acceptors (Lipinski definition) is 2. The first kappa shape index (κ1) is 10.3. The van der Waals surface area contributed by atoms with Crippen molar-refractivity contribution in [2.45, 2.75) is 26.4 Å². The maximum atomic E-state index is 11.1. The molecule has 0 bridgehead atoms. The van der Waals surface area contributed by atoms with Crippen LogP contribution in [0, 0.1) is 5.92 Å². The topological polar surface area (TPSA) is 46.5 Å². The Hall–Kier alpha value is 0.180. The van der Waals surface area contributed by atoms with Crippen molar-refractivity contribution in [3.8, 4) is 0 Å². The summed E-state index contributed by atoms with van der Waals surface area (Å²) < 4.78 is 16.1. The van der Waals surface area contributed by atoms with E-state index in [1.807, 2.05) is 13.8 Å². The van der Waals surface area contributed by atoms with Gasteiger partial charge in [0.25, 0.3) is 0 Å². The second-order valence-corrected chi connectivity index (χ2v) is 5.37. The molecule has 0 amide bonds. The third-order valence-electron chi connectivity index (χ3n) is 2.17. The van der Waals surface area contributed by atoms with Crippen molar-refractivity contribution in [3.63, 3.8) is 0 Å². The zero-order valence-corrected chi connectivity index (χ0v) is 8.89. The van der Waals surface area contributed by atoms with E-state index < -0.39 is 13.2 Å². The van der Waals surface area contributed by atoms with Gasteiger partial charge in [0.15, 0.2) is 0 Å². The molecule has 1 aliphatic heterocycles. The van der Waals surface area contributed by atoms with Crippen molar-refractivity contribution in [1.82, 2.24) is 0 Å². The molecule has 2 unspecified atom stereocenters. The van der Waals surface area contributed by atoms with E-state index in [0.717, 1.165) is 5.82 Å². The fraction of sp³-hybridized carbons (Fsp3) is 0.714. The van der Waals surface area contributed by atoms with Crippen LogP contribution in [0.15, 0.2) is 10.8 Å². The van der Waals surface area contributed by atoms with Crippen LogP contribution < -0.4 is 0 Å². The summed E-state index contributed by atoms with van der Waals surface area (Å²) in [5.41, 5.74) is -0.800. The summed E-state index contributed by atoms with van der Waals surface area (Å²) in [4.78, 5) is 9.12. The Balaban J connectivity index is 3.02. The van der Waals surface area contributed by atoms with E-state index in [4.69, 9.17) is 21.0 Å². The van der Waals surface area contributed by atoms with Gasteiger partial charge in [-0.3, -0.25) is 9.09 Å². The predicted molar refractivity (Wildman–Crippen MR) is 48.1 cm³/mol. The smallest absolute Gasteiger partial charge is 0.321 e. The molecule has 2 atom stereocenters. The summed E-state index contributed by atoms with van der Waals surface area (Å²) in [5, 5.41) is 0.323. The van der Waals surface area contributed by atoms with E-state index in [1.54, 1.807) is 6.92 Å². The van der Waals surface area contributed by atoms with Gasteiger partial charge in [-0.05, 0) is 12.8 Å². The van der Waals surface area contributed by atoms with Crippen LogP contribution in [0.1, 0.15) is 20.8 Å². The van der Waals surface area contributed by atoms with Crippen LogP contribution in [0.3, 0.4) is 0 Å². The molecule has 0 aromatic carbocycles. The van der Waals surface area contributed by atoms with Gasteiger partial charge in [-0.2, -0.15) is 0 Å². The summed E-state index contributed by atoms with van der Waals surface area (Å²) in [6.45, 7) is 5.50. The van der Waals surface area contributed by atoms with Gasteiger partial charge in [-0.1, -0.05) is 25.4 Å². The van der Waals surface area contributed by atoms with E-state index in [1.165, 1.54) is 0 Å². The third kappa shape index (κ3) is 1.60. The molecule has 5 heteroatoms. The molecular weight excluding hydrogens is 199 g/mol. The molecule has 1 rings (SSSR count).